The Bertz CT molecular complexity index is 484. The van der Waals surface area contributed by atoms with Gasteiger partial charge in [-0.3, -0.25) is 0 Å². The maximum Gasteiger partial charge on any atom is 0.191 e. The largest absolute Gasteiger partial charge is 0.381 e. The van der Waals surface area contributed by atoms with Crippen LogP contribution in [0.1, 0.15) is 36.6 Å². The van der Waals surface area contributed by atoms with Gasteiger partial charge in [0.05, 0.1) is 6.54 Å². The van der Waals surface area contributed by atoms with Crippen LogP contribution in [-0.2, 0) is 16.0 Å². The molecule has 1 saturated heterocycles. The number of hydrogen-bond acceptors (Lipinski definition) is 4. The molecule has 0 spiro atoms. The molecule has 5 nitrogen and oxygen atoms in total. The van der Waals surface area contributed by atoms with Crippen LogP contribution in [0.25, 0.3) is 0 Å². The van der Waals surface area contributed by atoms with Gasteiger partial charge >= 0.3 is 0 Å². The first kappa shape index (κ1) is 19.2. The standard InChI is InChI=1S/C18H31N3O2S/c1-3-19-18(21-13-17-15(2)7-12-24-17)20-8-4-9-23-14-16-5-10-22-11-6-16/h7,12,16H,3-6,8-11,13-14H2,1-2H3,(H2,19,20,21). The normalized spacial score (nSPS) is 16.3. The number of aryl methyl sites for hydroxylation is 1. The Morgan fingerprint density at radius 1 is 1.38 bits per heavy atom. The predicted molar refractivity (Wildman–Crippen MR) is 101 cm³/mol. The summed E-state index contributed by atoms with van der Waals surface area (Å²) in [6, 6.07) is 2.14. The third-order valence-electron chi connectivity index (χ3n) is 4.15. The van der Waals surface area contributed by atoms with Crippen LogP contribution < -0.4 is 10.6 Å². The maximum absolute atomic E-state index is 5.80. The monoisotopic (exact) mass is 353 g/mol. The Hall–Kier alpha value is -1.11. The Kier molecular flexibility index (Phi) is 9.16. The highest BCUT2D eigenvalue weighted by molar-refractivity contribution is 7.10. The van der Waals surface area contributed by atoms with Gasteiger partial charge in [0, 0.05) is 44.4 Å². The first-order valence-corrected chi connectivity index (χ1v) is 9.88. The molecule has 1 aromatic heterocycles. The molecule has 0 unspecified atom stereocenters. The highest BCUT2D eigenvalue weighted by Crippen LogP contribution is 2.16. The summed E-state index contributed by atoms with van der Waals surface area (Å²) in [5, 5.41) is 8.80. The summed E-state index contributed by atoms with van der Waals surface area (Å²) in [7, 11) is 0. The minimum Gasteiger partial charge on any atom is -0.381 e. The number of hydrogen-bond donors (Lipinski definition) is 2. The molecule has 0 radical (unpaired) electrons. The van der Waals surface area contributed by atoms with Crippen molar-refractivity contribution < 1.29 is 9.47 Å². The quantitative estimate of drug-likeness (QED) is 0.407. The lowest BCUT2D eigenvalue weighted by Crippen LogP contribution is -2.38. The highest BCUT2D eigenvalue weighted by atomic mass is 32.1. The summed E-state index contributed by atoms with van der Waals surface area (Å²) < 4.78 is 11.2. The number of nitrogens with one attached hydrogen (secondary N) is 2. The van der Waals surface area contributed by atoms with E-state index in [2.05, 4.69) is 40.9 Å². The first-order valence-electron chi connectivity index (χ1n) is 9.00. The number of aliphatic imine (C=N–C) groups is 1. The molecule has 0 saturated carbocycles. The van der Waals surface area contributed by atoms with Crippen LogP contribution in [0.2, 0.25) is 0 Å². The summed E-state index contributed by atoms with van der Waals surface area (Å²) in [5.74, 6) is 1.56. The number of rotatable bonds is 9. The van der Waals surface area contributed by atoms with Crippen molar-refractivity contribution >= 4 is 17.3 Å². The number of nitrogens with zero attached hydrogens (tertiary/aromatic N) is 1. The van der Waals surface area contributed by atoms with Crippen molar-refractivity contribution in [1.29, 1.82) is 0 Å². The lowest BCUT2D eigenvalue weighted by Gasteiger charge is -2.21. The van der Waals surface area contributed by atoms with Crippen LogP contribution in [-0.4, -0.2) is 45.5 Å². The van der Waals surface area contributed by atoms with Crippen molar-refractivity contribution in [2.24, 2.45) is 10.9 Å². The van der Waals surface area contributed by atoms with Gasteiger partial charge in [0.25, 0.3) is 0 Å². The van der Waals surface area contributed by atoms with Gasteiger partial charge in [-0.25, -0.2) is 4.99 Å². The maximum atomic E-state index is 5.80. The summed E-state index contributed by atoms with van der Waals surface area (Å²) in [6.45, 7) is 10.2. The summed E-state index contributed by atoms with van der Waals surface area (Å²) >= 11 is 1.77. The van der Waals surface area contributed by atoms with Crippen molar-refractivity contribution in [2.75, 3.05) is 39.5 Å². The summed E-state index contributed by atoms with van der Waals surface area (Å²) in [6.07, 6.45) is 3.26. The van der Waals surface area contributed by atoms with Crippen LogP contribution in [0, 0.1) is 12.8 Å². The van der Waals surface area contributed by atoms with Gasteiger partial charge in [-0.2, -0.15) is 0 Å². The molecule has 0 atom stereocenters. The second kappa shape index (κ2) is 11.4. The van der Waals surface area contributed by atoms with Crippen molar-refractivity contribution in [3.63, 3.8) is 0 Å². The first-order chi connectivity index (χ1) is 11.8. The Morgan fingerprint density at radius 3 is 2.92 bits per heavy atom. The Labute approximate surface area is 149 Å². The van der Waals surface area contributed by atoms with Crippen LogP contribution in [0.15, 0.2) is 16.4 Å². The van der Waals surface area contributed by atoms with Crippen molar-refractivity contribution in [1.82, 2.24) is 10.6 Å². The molecular weight excluding hydrogens is 322 g/mol. The zero-order chi connectivity index (χ0) is 17.0. The SMILES string of the molecule is CCNC(=NCc1sccc1C)NCCCOCC1CCOCC1. The average Bonchev–Trinajstić information content (AvgIpc) is 3.01. The fourth-order valence-electron chi connectivity index (χ4n) is 2.60. The lowest BCUT2D eigenvalue weighted by atomic mass is 10.0. The summed E-state index contributed by atoms with van der Waals surface area (Å²) in [4.78, 5) is 5.98. The zero-order valence-electron chi connectivity index (χ0n) is 15.0. The molecule has 2 N–H and O–H groups in total. The number of ether oxygens (including phenoxy) is 2. The van der Waals surface area contributed by atoms with Crippen LogP contribution in [0.3, 0.4) is 0 Å². The van der Waals surface area contributed by atoms with E-state index in [4.69, 9.17) is 9.47 Å². The molecule has 136 valence electrons. The molecule has 1 aliphatic rings. The van der Waals surface area contributed by atoms with Crippen LogP contribution >= 0.6 is 11.3 Å². The van der Waals surface area contributed by atoms with Crippen molar-refractivity contribution in [2.45, 2.75) is 39.7 Å². The molecule has 6 heteroatoms. The number of thiophene rings is 1. The summed E-state index contributed by atoms with van der Waals surface area (Å²) in [5.41, 5.74) is 1.32. The molecule has 0 amide bonds. The van der Waals surface area contributed by atoms with E-state index < -0.39 is 0 Å². The minimum atomic E-state index is 0.680. The minimum absolute atomic E-state index is 0.680. The van der Waals surface area contributed by atoms with E-state index in [1.807, 2.05) is 0 Å². The van der Waals surface area contributed by atoms with Gasteiger partial charge in [-0.1, -0.05) is 0 Å². The molecular formula is C18H31N3O2S. The third kappa shape index (κ3) is 7.20. The molecule has 1 aromatic rings. The third-order valence-corrected chi connectivity index (χ3v) is 5.15. The van der Waals surface area contributed by atoms with Gasteiger partial charge in [0.15, 0.2) is 5.96 Å². The molecule has 1 fully saturated rings. The van der Waals surface area contributed by atoms with Crippen molar-refractivity contribution in [3.8, 4) is 0 Å². The molecule has 2 rings (SSSR count). The molecule has 0 aliphatic carbocycles. The Balaban J connectivity index is 1.59. The number of guanidine groups is 1. The smallest absolute Gasteiger partial charge is 0.191 e. The molecule has 2 heterocycles. The Morgan fingerprint density at radius 2 is 2.21 bits per heavy atom. The van der Waals surface area contributed by atoms with Gasteiger partial charge in [0.2, 0.25) is 0 Å². The van der Waals surface area contributed by atoms with Crippen LogP contribution in [0.4, 0.5) is 0 Å². The lowest BCUT2D eigenvalue weighted by molar-refractivity contribution is 0.0203. The molecule has 24 heavy (non-hydrogen) atoms. The fourth-order valence-corrected chi connectivity index (χ4v) is 3.43. The van der Waals surface area contributed by atoms with Crippen molar-refractivity contribution in [3.05, 3.63) is 21.9 Å². The molecule has 1 aliphatic heterocycles. The zero-order valence-corrected chi connectivity index (χ0v) is 15.8. The predicted octanol–water partition coefficient (Wildman–Crippen LogP) is 2.94. The van der Waals surface area contributed by atoms with Gasteiger partial charge in [-0.15, -0.1) is 11.3 Å². The van der Waals surface area contributed by atoms with E-state index in [9.17, 15) is 0 Å². The van der Waals surface area contributed by atoms with Gasteiger partial charge < -0.3 is 20.1 Å². The second-order valence-electron chi connectivity index (χ2n) is 6.13. The van der Waals surface area contributed by atoms with Gasteiger partial charge in [-0.05, 0) is 56.0 Å². The fraction of sp³-hybridized carbons (Fsp3) is 0.722. The van der Waals surface area contributed by atoms with E-state index in [-0.39, 0.29) is 0 Å². The van der Waals surface area contributed by atoms with E-state index in [0.29, 0.717) is 5.92 Å². The van der Waals surface area contributed by atoms with E-state index in [1.165, 1.54) is 10.4 Å². The molecule has 0 bridgehead atoms. The second-order valence-corrected chi connectivity index (χ2v) is 7.13. The van der Waals surface area contributed by atoms with Gasteiger partial charge in [0.1, 0.15) is 0 Å². The topological polar surface area (TPSA) is 54.9 Å². The molecule has 0 aromatic carbocycles. The van der Waals surface area contributed by atoms with E-state index in [0.717, 1.165) is 71.3 Å². The van der Waals surface area contributed by atoms with Crippen LogP contribution in [0.5, 0.6) is 0 Å². The average molecular weight is 354 g/mol. The van der Waals surface area contributed by atoms with E-state index in [1.54, 1.807) is 11.3 Å². The highest BCUT2D eigenvalue weighted by Gasteiger charge is 2.13. The van der Waals surface area contributed by atoms with E-state index >= 15 is 0 Å².